The zero-order valence-corrected chi connectivity index (χ0v) is 4.70. The Kier molecular flexibility index (Phi) is 3.58. The highest BCUT2D eigenvalue weighted by molar-refractivity contribution is 6.20. The Morgan fingerprint density at radius 2 is 2.33 bits per heavy atom. The third-order valence-electron chi connectivity index (χ3n) is 0.699. The maximum atomic E-state index is 5.52. The Morgan fingerprint density at radius 3 is 2.33 bits per heavy atom. The molecule has 2 heteroatoms. The molecule has 1 atom stereocenters. The van der Waals surface area contributed by atoms with E-state index in [1.54, 1.807) is 0 Å². The predicted octanol–water partition coefficient (Wildman–Crippen LogP) is 0.962. The first kappa shape index (κ1) is 6.25. The normalized spacial score (nSPS) is 14.5. The van der Waals surface area contributed by atoms with E-state index in [0.717, 1.165) is 6.42 Å². The average molecular weight is 108 g/mol. The van der Waals surface area contributed by atoms with E-state index in [1.165, 1.54) is 0 Å². The van der Waals surface area contributed by atoms with Crippen LogP contribution in [0, 0.1) is 0 Å². The van der Waals surface area contributed by atoms with E-state index in [1.807, 2.05) is 6.92 Å². The minimum Gasteiger partial charge on any atom is -0.329 e. The summed E-state index contributed by atoms with van der Waals surface area (Å²) < 4.78 is 0. The van der Waals surface area contributed by atoms with Gasteiger partial charge in [0.1, 0.15) is 0 Å². The number of hydrogen-bond donors (Lipinski definition) is 1. The van der Waals surface area contributed by atoms with Gasteiger partial charge in [0.25, 0.3) is 0 Å². The molecule has 0 bridgehead atoms. The van der Waals surface area contributed by atoms with Crippen molar-refractivity contribution in [1.82, 2.24) is 0 Å². The van der Waals surface area contributed by atoms with E-state index < -0.39 is 0 Å². The van der Waals surface area contributed by atoms with Crippen LogP contribution in [0.15, 0.2) is 0 Å². The molecule has 0 saturated carbocycles. The molecular weight excluding hydrogens is 97.5 g/mol. The standard InChI is InChI=1S/C4H10ClN/c1-2-4(5)3-6/h4H,2-3,6H2,1H3. The highest BCUT2D eigenvalue weighted by Crippen LogP contribution is 1.95. The molecule has 0 aliphatic heterocycles. The van der Waals surface area contributed by atoms with Gasteiger partial charge in [-0.25, -0.2) is 0 Å². The van der Waals surface area contributed by atoms with Crippen molar-refractivity contribution in [3.05, 3.63) is 0 Å². The maximum Gasteiger partial charge on any atom is 0.0455 e. The molecule has 0 saturated heterocycles. The fourth-order valence-corrected chi connectivity index (χ4v) is 0.167. The molecule has 0 radical (unpaired) electrons. The smallest absolute Gasteiger partial charge is 0.0455 e. The lowest BCUT2D eigenvalue weighted by molar-refractivity contribution is 0.817. The summed E-state index contributed by atoms with van der Waals surface area (Å²) in [5.74, 6) is 0. The van der Waals surface area contributed by atoms with Crippen molar-refractivity contribution in [2.45, 2.75) is 18.7 Å². The largest absolute Gasteiger partial charge is 0.329 e. The van der Waals surface area contributed by atoms with E-state index >= 15 is 0 Å². The van der Waals surface area contributed by atoms with Crippen LogP contribution in [-0.2, 0) is 0 Å². The second-order valence-corrected chi connectivity index (χ2v) is 1.86. The first-order chi connectivity index (χ1) is 2.81. The van der Waals surface area contributed by atoms with Crippen molar-refractivity contribution in [3.8, 4) is 0 Å². The van der Waals surface area contributed by atoms with Gasteiger partial charge in [-0.3, -0.25) is 0 Å². The minimum absolute atomic E-state index is 0.185. The summed E-state index contributed by atoms with van der Waals surface area (Å²) in [5, 5.41) is 0.185. The zero-order valence-electron chi connectivity index (χ0n) is 3.95. The van der Waals surface area contributed by atoms with Crippen LogP contribution in [0.3, 0.4) is 0 Å². The van der Waals surface area contributed by atoms with Gasteiger partial charge >= 0.3 is 0 Å². The van der Waals surface area contributed by atoms with Gasteiger partial charge in [0, 0.05) is 11.9 Å². The monoisotopic (exact) mass is 107 g/mol. The quantitative estimate of drug-likeness (QED) is 0.523. The second-order valence-electron chi connectivity index (χ2n) is 1.24. The Labute approximate surface area is 43.5 Å². The first-order valence-electron chi connectivity index (χ1n) is 2.15. The Morgan fingerprint density at radius 1 is 1.83 bits per heavy atom. The summed E-state index contributed by atoms with van der Waals surface area (Å²) in [4.78, 5) is 0. The van der Waals surface area contributed by atoms with Gasteiger partial charge in [-0.2, -0.15) is 0 Å². The number of halogens is 1. The molecule has 0 aromatic heterocycles. The lowest BCUT2D eigenvalue weighted by Gasteiger charge is -1.96. The van der Waals surface area contributed by atoms with Gasteiger partial charge in [0.05, 0.1) is 0 Å². The number of nitrogens with two attached hydrogens (primary N) is 1. The summed E-state index contributed by atoms with van der Waals surface area (Å²) in [7, 11) is 0. The molecule has 0 amide bonds. The zero-order chi connectivity index (χ0) is 4.99. The van der Waals surface area contributed by atoms with Gasteiger partial charge in [0.2, 0.25) is 0 Å². The van der Waals surface area contributed by atoms with Gasteiger partial charge in [-0.05, 0) is 6.42 Å². The summed E-state index contributed by atoms with van der Waals surface area (Å²) >= 11 is 5.52. The Hall–Kier alpha value is 0.250. The van der Waals surface area contributed by atoms with Crippen molar-refractivity contribution < 1.29 is 0 Å². The number of rotatable bonds is 2. The molecular formula is C4H10ClN. The summed E-state index contributed by atoms with van der Waals surface area (Å²) in [6, 6.07) is 0. The van der Waals surface area contributed by atoms with E-state index in [2.05, 4.69) is 0 Å². The molecule has 0 aliphatic rings. The van der Waals surface area contributed by atoms with Gasteiger partial charge in [0.15, 0.2) is 0 Å². The van der Waals surface area contributed by atoms with Gasteiger partial charge in [-0.1, -0.05) is 6.92 Å². The van der Waals surface area contributed by atoms with Gasteiger partial charge in [-0.15, -0.1) is 11.6 Å². The number of alkyl halides is 1. The first-order valence-corrected chi connectivity index (χ1v) is 2.59. The lowest BCUT2D eigenvalue weighted by atomic mass is 10.3. The fraction of sp³-hybridized carbons (Fsp3) is 1.00. The highest BCUT2D eigenvalue weighted by Gasteiger charge is 1.92. The third-order valence-corrected chi connectivity index (χ3v) is 1.19. The molecule has 0 aromatic rings. The molecule has 0 spiro atoms. The van der Waals surface area contributed by atoms with E-state index in [0.29, 0.717) is 6.54 Å². The van der Waals surface area contributed by atoms with Crippen molar-refractivity contribution >= 4 is 11.6 Å². The molecule has 1 unspecified atom stereocenters. The SMILES string of the molecule is CCC(Cl)CN. The molecule has 6 heavy (non-hydrogen) atoms. The summed E-state index contributed by atoms with van der Waals surface area (Å²) in [6.07, 6.45) is 0.970. The van der Waals surface area contributed by atoms with Gasteiger partial charge < -0.3 is 5.73 Å². The topological polar surface area (TPSA) is 26.0 Å². The van der Waals surface area contributed by atoms with Crippen LogP contribution < -0.4 is 5.73 Å². The molecule has 0 fully saturated rings. The summed E-state index contributed by atoms with van der Waals surface area (Å²) in [6.45, 7) is 2.61. The Balaban J connectivity index is 2.75. The van der Waals surface area contributed by atoms with Crippen LogP contribution in [0.2, 0.25) is 0 Å². The average Bonchev–Trinajstić information content (AvgIpc) is 1.65. The molecule has 0 heterocycles. The lowest BCUT2D eigenvalue weighted by Crippen LogP contribution is -2.11. The van der Waals surface area contributed by atoms with Crippen molar-refractivity contribution in [2.24, 2.45) is 5.73 Å². The van der Waals surface area contributed by atoms with Crippen molar-refractivity contribution in [2.75, 3.05) is 6.54 Å². The fourth-order valence-electron chi connectivity index (χ4n) is 0.167. The maximum absolute atomic E-state index is 5.52. The van der Waals surface area contributed by atoms with Crippen LogP contribution in [0.1, 0.15) is 13.3 Å². The molecule has 1 nitrogen and oxygen atoms in total. The van der Waals surface area contributed by atoms with Crippen molar-refractivity contribution in [1.29, 1.82) is 0 Å². The number of hydrogen-bond acceptors (Lipinski definition) is 1. The van der Waals surface area contributed by atoms with Crippen LogP contribution in [0.5, 0.6) is 0 Å². The Bertz CT molecular complexity index is 26.7. The molecule has 0 aromatic carbocycles. The van der Waals surface area contributed by atoms with Crippen LogP contribution in [0.4, 0.5) is 0 Å². The third kappa shape index (κ3) is 2.49. The predicted molar refractivity (Wildman–Crippen MR) is 29.0 cm³/mol. The second kappa shape index (κ2) is 3.44. The minimum atomic E-state index is 0.185. The van der Waals surface area contributed by atoms with Crippen LogP contribution >= 0.6 is 11.6 Å². The highest BCUT2D eigenvalue weighted by atomic mass is 35.5. The molecule has 2 N–H and O–H groups in total. The van der Waals surface area contributed by atoms with Crippen LogP contribution in [0.25, 0.3) is 0 Å². The molecule has 0 aliphatic carbocycles. The van der Waals surface area contributed by atoms with E-state index in [-0.39, 0.29) is 5.38 Å². The van der Waals surface area contributed by atoms with E-state index in [9.17, 15) is 0 Å². The van der Waals surface area contributed by atoms with E-state index in [4.69, 9.17) is 17.3 Å². The summed E-state index contributed by atoms with van der Waals surface area (Å²) in [5.41, 5.74) is 5.15. The van der Waals surface area contributed by atoms with Crippen LogP contribution in [-0.4, -0.2) is 11.9 Å². The molecule has 38 valence electrons. The van der Waals surface area contributed by atoms with Crippen molar-refractivity contribution in [3.63, 3.8) is 0 Å². The molecule has 0 rings (SSSR count).